The third-order valence-electron chi connectivity index (χ3n) is 3.30. The lowest BCUT2D eigenvalue weighted by molar-refractivity contribution is -0.137. The second-order valence-electron chi connectivity index (χ2n) is 4.57. The van der Waals surface area contributed by atoms with Crippen LogP contribution in [0.2, 0.25) is 0 Å². The van der Waals surface area contributed by atoms with Gasteiger partial charge in [-0.2, -0.15) is 0 Å². The number of nitrogens with zero attached hydrogens (tertiary/aromatic N) is 1. The first-order chi connectivity index (χ1) is 7.74. The van der Waals surface area contributed by atoms with E-state index in [2.05, 4.69) is 4.90 Å². The predicted molar refractivity (Wildman–Crippen MR) is 62.4 cm³/mol. The van der Waals surface area contributed by atoms with E-state index >= 15 is 0 Å². The minimum atomic E-state index is -0.703. The standard InChI is InChI=1S/C12H23NO3/c14-10-11-6-3-5-9-13(11)8-4-1-2-7-12(15)16/h11,14H,1-10H2,(H,15,16). The summed E-state index contributed by atoms with van der Waals surface area (Å²) < 4.78 is 0. The highest BCUT2D eigenvalue weighted by Gasteiger charge is 2.20. The number of piperidine rings is 1. The highest BCUT2D eigenvalue weighted by Crippen LogP contribution is 2.17. The van der Waals surface area contributed by atoms with Crippen molar-refractivity contribution in [2.75, 3.05) is 19.7 Å². The van der Waals surface area contributed by atoms with E-state index < -0.39 is 5.97 Å². The molecular weight excluding hydrogens is 206 g/mol. The molecule has 1 aliphatic rings. The second-order valence-corrected chi connectivity index (χ2v) is 4.57. The Bertz CT molecular complexity index is 208. The fourth-order valence-corrected chi connectivity index (χ4v) is 2.33. The number of hydrogen-bond donors (Lipinski definition) is 2. The van der Waals surface area contributed by atoms with Crippen molar-refractivity contribution in [1.82, 2.24) is 4.90 Å². The molecule has 16 heavy (non-hydrogen) atoms. The van der Waals surface area contributed by atoms with Gasteiger partial charge in [-0.25, -0.2) is 0 Å². The highest BCUT2D eigenvalue weighted by molar-refractivity contribution is 5.66. The number of aliphatic hydroxyl groups excluding tert-OH is 1. The maximum Gasteiger partial charge on any atom is 0.303 e. The van der Waals surface area contributed by atoms with E-state index in [0.717, 1.165) is 38.8 Å². The largest absolute Gasteiger partial charge is 0.481 e. The molecule has 0 aromatic rings. The van der Waals surface area contributed by atoms with Gasteiger partial charge in [-0.05, 0) is 38.8 Å². The molecule has 0 aliphatic carbocycles. The van der Waals surface area contributed by atoms with Gasteiger partial charge in [0.1, 0.15) is 0 Å². The average molecular weight is 229 g/mol. The van der Waals surface area contributed by atoms with Gasteiger partial charge in [0.05, 0.1) is 6.61 Å². The molecule has 0 bridgehead atoms. The molecule has 1 fully saturated rings. The van der Waals surface area contributed by atoms with Crippen LogP contribution in [0.25, 0.3) is 0 Å². The van der Waals surface area contributed by atoms with E-state index in [0.29, 0.717) is 6.04 Å². The van der Waals surface area contributed by atoms with Gasteiger partial charge in [0.2, 0.25) is 0 Å². The van der Waals surface area contributed by atoms with Crippen LogP contribution in [0.3, 0.4) is 0 Å². The Morgan fingerprint density at radius 1 is 1.25 bits per heavy atom. The molecule has 1 atom stereocenters. The molecular formula is C12H23NO3. The van der Waals surface area contributed by atoms with Crippen LogP contribution in [0.5, 0.6) is 0 Å². The first-order valence-electron chi connectivity index (χ1n) is 6.30. The summed E-state index contributed by atoms with van der Waals surface area (Å²) in [6.45, 7) is 2.35. The Hall–Kier alpha value is -0.610. The molecule has 0 amide bonds. The van der Waals surface area contributed by atoms with Gasteiger partial charge in [0.25, 0.3) is 0 Å². The minimum absolute atomic E-state index is 0.259. The number of rotatable bonds is 7. The number of aliphatic hydroxyl groups is 1. The van der Waals surface area contributed by atoms with E-state index in [1.807, 2.05) is 0 Å². The second kappa shape index (κ2) is 7.63. The van der Waals surface area contributed by atoms with Crippen LogP contribution in [0, 0.1) is 0 Å². The van der Waals surface area contributed by atoms with Gasteiger partial charge in [-0.3, -0.25) is 9.69 Å². The molecule has 1 saturated heterocycles. The summed E-state index contributed by atoms with van der Waals surface area (Å²) in [5.41, 5.74) is 0. The van der Waals surface area contributed by atoms with E-state index in [-0.39, 0.29) is 13.0 Å². The van der Waals surface area contributed by atoms with Crippen LogP contribution in [0.1, 0.15) is 44.9 Å². The number of carboxylic acids is 1. The third kappa shape index (κ3) is 4.94. The smallest absolute Gasteiger partial charge is 0.303 e. The van der Waals surface area contributed by atoms with Crippen molar-refractivity contribution in [2.24, 2.45) is 0 Å². The molecule has 4 nitrogen and oxygen atoms in total. The fourth-order valence-electron chi connectivity index (χ4n) is 2.33. The van der Waals surface area contributed by atoms with Gasteiger partial charge in [0.15, 0.2) is 0 Å². The Kier molecular flexibility index (Phi) is 6.42. The normalized spacial score (nSPS) is 22.2. The zero-order valence-corrected chi connectivity index (χ0v) is 9.90. The summed E-state index contributed by atoms with van der Waals surface area (Å²) in [5.74, 6) is -0.703. The van der Waals surface area contributed by atoms with Crippen molar-refractivity contribution in [3.63, 3.8) is 0 Å². The van der Waals surface area contributed by atoms with Crippen LogP contribution in [0.15, 0.2) is 0 Å². The maximum atomic E-state index is 10.3. The van der Waals surface area contributed by atoms with Gasteiger partial charge in [0, 0.05) is 12.5 Å². The van der Waals surface area contributed by atoms with Crippen molar-refractivity contribution in [3.8, 4) is 0 Å². The Morgan fingerprint density at radius 3 is 2.75 bits per heavy atom. The van der Waals surface area contributed by atoms with Crippen LogP contribution in [-0.4, -0.2) is 46.8 Å². The Balaban J connectivity index is 2.08. The van der Waals surface area contributed by atoms with Gasteiger partial charge in [-0.15, -0.1) is 0 Å². The molecule has 0 saturated carbocycles. The summed E-state index contributed by atoms with van der Waals surface area (Å²) in [6, 6.07) is 0.341. The van der Waals surface area contributed by atoms with Crippen LogP contribution < -0.4 is 0 Å². The summed E-state index contributed by atoms with van der Waals surface area (Å²) in [5, 5.41) is 17.7. The summed E-state index contributed by atoms with van der Waals surface area (Å²) in [7, 11) is 0. The molecule has 94 valence electrons. The van der Waals surface area contributed by atoms with Crippen molar-refractivity contribution >= 4 is 5.97 Å². The quantitative estimate of drug-likeness (QED) is 0.649. The highest BCUT2D eigenvalue weighted by atomic mass is 16.4. The summed E-state index contributed by atoms with van der Waals surface area (Å²) >= 11 is 0. The number of hydrogen-bond acceptors (Lipinski definition) is 3. The van der Waals surface area contributed by atoms with E-state index in [4.69, 9.17) is 5.11 Å². The van der Waals surface area contributed by atoms with Crippen molar-refractivity contribution < 1.29 is 15.0 Å². The number of unbranched alkanes of at least 4 members (excludes halogenated alkanes) is 2. The van der Waals surface area contributed by atoms with Crippen molar-refractivity contribution in [2.45, 2.75) is 51.0 Å². The number of carbonyl (C=O) groups is 1. The SMILES string of the molecule is O=C(O)CCCCCN1CCCCC1CO. The lowest BCUT2D eigenvalue weighted by Crippen LogP contribution is -2.42. The molecule has 0 spiro atoms. The lowest BCUT2D eigenvalue weighted by Gasteiger charge is -2.34. The lowest BCUT2D eigenvalue weighted by atomic mass is 10.0. The topological polar surface area (TPSA) is 60.8 Å². The van der Waals surface area contributed by atoms with Gasteiger partial charge in [-0.1, -0.05) is 12.8 Å². The molecule has 1 unspecified atom stereocenters. The molecule has 1 aliphatic heterocycles. The third-order valence-corrected chi connectivity index (χ3v) is 3.30. The molecule has 0 aromatic carbocycles. The number of likely N-dealkylation sites (tertiary alicyclic amines) is 1. The first kappa shape index (κ1) is 13.5. The zero-order chi connectivity index (χ0) is 11.8. The average Bonchev–Trinajstić information content (AvgIpc) is 2.29. The monoisotopic (exact) mass is 229 g/mol. The zero-order valence-electron chi connectivity index (χ0n) is 9.90. The molecule has 0 radical (unpaired) electrons. The molecule has 4 heteroatoms. The van der Waals surface area contributed by atoms with Crippen LogP contribution in [0.4, 0.5) is 0 Å². The molecule has 0 aromatic heterocycles. The van der Waals surface area contributed by atoms with Crippen molar-refractivity contribution in [1.29, 1.82) is 0 Å². The number of aliphatic carboxylic acids is 1. The van der Waals surface area contributed by atoms with Gasteiger partial charge < -0.3 is 10.2 Å². The fraction of sp³-hybridized carbons (Fsp3) is 0.917. The van der Waals surface area contributed by atoms with Crippen LogP contribution in [-0.2, 0) is 4.79 Å². The van der Waals surface area contributed by atoms with E-state index in [1.165, 1.54) is 12.8 Å². The summed E-state index contributed by atoms with van der Waals surface area (Å²) in [4.78, 5) is 12.7. The van der Waals surface area contributed by atoms with Crippen molar-refractivity contribution in [3.05, 3.63) is 0 Å². The molecule has 1 heterocycles. The number of carboxylic acid groups (broad SMARTS) is 1. The van der Waals surface area contributed by atoms with E-state index in [1.54, 1.807) is 0 Å². The molecule has 1 rings (SSSR count). The Labute approximate surface area is 97.3 Å². The predicted octanol–water partition coefficient (Wildman–Crippen LogP) is 1.48. The Morgan fingerprint density at radius 2 is 2.06 bits per heavy atom. The molecule has 2 N–H and O–H groups in total. The summed E-state index contributed by atoms with van der Waals surface area (Å²) in [6.07, 6.45) is 6.62. The van der Waals surface area contributed by atoms with Crippen LogP contribution >= 0.6 is 0 Å². The maximum absolute atomic E-state index is 10.3. The first-order valence-corrected chi connectivity index (χ1v) is 6.30. The van der Waals surface area contributed by atoms with Gasteiger partial charge >= 0.3 is 5.97 Å². The van der Waals surface area contributed by atoms with E-state index in [9.17, 15) is 9.90 Å². The minimum Gasteiger partial charge on any atom is -0.481 e.